The molecule has 0 radical (unpaired) electrons. The third-order valence-corrected chi connectivity index (χ3v) is 5.38. The lowest BCUT2D eigenvalue weighted by molar-refractivity contribution is -0.141. The largest absolute Gasteiger partial charge is 0.479 e. The Morgan fingerprint density at radius 3 is 2.24 bits per heavy atom. The molecule has 1 amide bonds. The number of benzene rings is 3. The number of nitrogens with one attached hydrogen (secondary N) is 1. The second-order valence-electron chi connectivity index (χ2n) is 8.07. The summed E-state index contributed by atoms with van der Waals surface area (Å²) in [6.45, 7) is 1.79. The molecule has 0 fully saturated rings. The maximum absolute atomic E-state index is 12.5. The Hall–Kier alpha value is -5.09. The molecule has 1 heterocycles. The predicted molar refractivity (Wildman–Crippen MR) is 138 cm³/mol. The lowest BCUT2D eigenvalue weighted by Crippen LogP contribution is -2.28. The average molecular weight is 493 g/mol. The minimum atomic E-state index is -0.829. The monoisotopic (exact) mass is 492 g/mol. The smallest absolute Gasteiger partial charge is 0.352 e. The number of hydrogen-bond donors (Lipinski definition) is 1. The summed E-state index contributed by atoms with van der Waals surface area (Å²) < 4.78 is 16.3. The molecular weight excluding hydrogens is 468 g/mol. The molecule has 1 unspecified atom stereocenters. The molecule has 3 aromatic carbocycles. The first-order chi connectivity index (χ1) is 18.0. The first kappa shape index (κ1) is 25.0. The minimum absolute atomic E-state index is 0.0587. The van der Waals surface area contributed by atoms with E-state index < -0.39 is 18.0 Å². The van der Waals surface area contributed by atoms with Crippen molar-refractivity contribution in [3.63, 3.8) is 0 Å². The van der Waals surface area contributed by atoms with E-state index >= 15 is 0 Å². The van der Waals surface area contributed by atoms with Crippen LogP contribution in [0, 0.1) is 11.3 Å². The van der Waals surface area contributed by atoms with Crippen molar-refractivity contribution in [1.29, 1.82) is 5.26 Å². The van der Waals surface area contributed by atoms with E-state index in [2.05, 4.69) is 5.32 Å². The molecule has 0 aliphatic heterocycles. The first-order valence-electron chi connectivity index (χ1n) is 11.6. The lowest BCUT2D eigenvalue weighted by Gasteiger charge is -2.14. The highest BCUT2D eigenvalue weighted by Crippen LogP contribution is 2.23. The van der Waals surface area contributed by atoms with Gasteiger partial charge in [0.1, 0.15) is 28.9 Å². The Kier molecular flexibility index (Phi) is 8.15. The molecule has 4 rings (SSSR count). The fourth-order valence-electron chi connectivity index (χ4n) is 3.43. The van der Waals surface area contributed by atoms with Crippen molar-refractivity contribution >= 4 is 18.0 Å². The number of carbonyl (C=O) groups excluding carboxylic acids is 2. The highest BCUT2D eigenvalue weighted by atomic mass is 16.6. The zero-order valence-electron chi connectivity index (χ0n) is 20.1. The van der Waals surface area contributed by atoms with Gasteiger partial charge in [0.15, 0.2) is 6.10 Å². The maximum Gasteiger partial charge on any atom is 0.352 e. The SMILES string of the molecule is CC(Oc1ccc(-c2ccccc2)cc1)C(=O)Oc1ccc(/C=C(\C#N)C(=O)NCc2ccco2)cc1. The number of amides is 1. The fraction of sp³-hybridized carbons (Fsp3) is 0.100. The van der Waals surface area contributed by atoms with Gasteiger partial charge < -0.3 is 19.2 Å². The van der Waals surface area contributed by atoms with Gasteiger partial charge in [0.2, 0.25) is 0 Å². The predicted octanol–water partition coefficient (Wildman–Crippen LogP) is 5.54. The molecule has 1 atom stereocenters. The Morgan fingerprint density at radius 2 is 1.59 bits per heavy atom. The molecule has 184 valence electrons. The molecule has 1 aromatic heterocycles. The van der Waals surface area contributed by atoms with Gasteiger partial charge in [-0.05, 0) is 66.1 Å². The van der Waals surface area contributed by atoms with Gasteiger partial charge in [0.05, 0.1) is 12.8 Å². The number of hydrogen-bond acceptors (Lipinski definition) is 6. The van der Waals surface area contributed by atoms with Crippen LogP contribution in [0.2, 0.25) is 0 Å². The van der Waals surface area contributed by atoms with Gasteiger partial charge in [-0.15, -0.1) is 0 Å². The molecule has 0 saturated heterocycles. The van der Waals surface area contributed by atoms with Crippen molar-refractivity contribution in [1.82, 2.24) is 5.32 Å². The lowest BCUT2D eigenvalue weighted by atomic mass is 10.1. The zero-order valence-corrected chi connectivity index (χ0v) is 20.1. The van der Waals surface area contributed by atoms with E-state index in [1.807, 2.05) is 60.7 Å². The van der Waals surface area contributed by atoms with Gasteiger partial charge in [-0.1, -0.05) is 54.6 Å². The van der Waals surface area contributed by atoms with E-state index in [1.54, 1.807) is 43.3 Å². The first-order valence-corrected chi connectivity index (χ1v) is 11.6. The topological polar surface area (TPSA) is 102 Å². The molecule has 0 aliphatic carbocycles. The van der Waals surface area contributed by atoms with Crippen LogP contribution in [0.3, 0.4) is 0 Å². The highest BCUT2D eigenvalue weighted by Gasteiger charge is 2.17. The quantitative estimate of drug-likeness (QED) is 0.142. The Balaban J connectivity index is 1.31. The summed E-state index contributed by atoms with van der Waals surface area (Å²) in [4.78, 5) is 24.8. The molecule has 0 spiro atoms. The highest BCUT2D eigenvalue weighted by molar-refractivity contribution is 6.01. The van der Waals surface area contributed by atoms with Crippen molar-refractivity contribution < 1.29 is 23.5 Å². The number of rotatable bonds is 9. The third kappa shape index (κ3) is 6.96. The van der Waals surface area contributed by atoms with Crippen molar-refractivity contribution in [2.45, 2.75) is 19.6 Å². The zero-order chi connectivity index (χ0) is 26.0. The number of nitrogens with zero attached hydrogens (tertiary/aromatic N) is 1. The van der Waals surface area contributed by atoms with Crippen LogP contribution >= 0.6 is 0 Å². The second kappa shape index (κ2) is 12.0. The number of esters is 1. The summed E-state index contributed by atoms with van der Waals surface area (Å²) in [7, 11) is 0. The van der Waals surface area contributed by atoms with Crippen LogP contribution in [0.4, 0.5) is 0 Å². The van der Waals surface area contributed by atoms with Gasteiger partial charge in [-0.3, -0.25) is 4.79 Å². The van der Waals surface area contributed by atoms with Crippen LogP contribution in [-0.2, 0) is 16.1 Å². The van der Waals surface area contributed by atoms with Crippen molar-refractivity contribution in [3.05, 3.63) is 114 Å². The van der Waals surface area contributed by atoms with E-state index in [1.165, 1.54) is 12.3 Å². The Bertz CT molecular complexity index is 1400. The summed E-state index contributed by atoms with van der Waals surface area (Å²) in [5, 5.41) is 12.0. The van der Waals surface area contributed by atoms with E-state index in [-0.39, 0.29) is 12.1 Å². The number of ether oxygens (including phenoxy) is 2. The molecular formula is C30H24N2O5. The minimum Gasteiger partial charge on any atom is -0.479 e. The van der Waals surface area contributed by atoms with Crippen molar-refractivity contribution in [2.24, 2.45) is 0 Å². The summed E-state index contributed by atoms with van der Waals surface area (Å²) >= 11 is 0. The van der Waals surface area contributed by atoms with Gasteiger partial charge in [0, 0.05) is 0 Å². The van der Waals surface area contributed by atoms with Crippen LogP contribution < -0.4 is 14.8 Å². The van der Waals surface area contributed by atoms with Crippen LogP contribution in [0.15, 0.2) is 107 Å². The molecule has 37 heavy (non-hydrogen) atoms. The van der Waals surface area contributed by atoms with Gasteiger partial charge in [-0.25, -0.2) is 4.79 Å². The van der Waals surface area contributed by atoms with Crippen LogP contribution in [-0.4, -0.2) is 18.0 Å². The van der Waals surface area contributed by atoms with Gasteiger partial charge in [-0.2, -0.15) is 5.26 Å². The van der Waals surface area contributed by atoms with Gasteiger partial charge in [0.25, 0.3) is 5.91 Å². The van der Waals surface area contributed by atoms with E-state index in [9.17, 15) is 14.9 Å². The molecule has 0 saturated carbocycles. The summed E-state index contributed by atoms with van der Waals surface area (Å²) in [5.74, 6) is 0.388. The molecule has 7 nitrogen and oxygen atoms in total. The summed E-state index contributed by atoms with van der Waals surface area (Å²) in [6, 6.07) is 29.2. The van der Waals surface area contributed by atoms with Crippen molar-refractivity contribution in [2.75, 3.05) is 0 Å². The fourth-order valence-corrected chi connectivity index (χ4v) is 3.43. The summed E-state index contributed by atoms with van der Waals surface area (Å²) in [5.41, 5.74) is 2.69. The van der Waals surface area contributed by atoms with Crippen molar-refractivity contribution in [3.8, 4) is 28.7 Å². The molecule has 1 N–H and O–H groups in total. The second-order valence-corrected chi connectivity index (χ2v) is 8.07. The van der Waals surface area contributed by atoms with E-state index in [0.29, 0.717) is 22.8 Å². The van der Waals surface area contributed by atoms with Crippen LogP contribution in [0.1, 0.15) is 18.2 Å². The van der Waals surface area contributed by atoms with Crippen LogP contribution in [0.25, 0.3) is 17.2 Å². The molecule has 0 bridgehead atoms. The Morgan fingerprint density at radius 1 is 0.919 bits per heavy atom. The number of nitriles is 1. The Labute approximate surface area is 214 Å². The normalized spacial score (nSPS) is 11.7. The number of furan rings is 1. The van der Waals surface area contributed by atoms with E-state index in [4.69, 9.17) is 13.9 Å². The summed E-state index contributed by atoms with van der Waals surface area (Å²) in [6.07, 6.45) is 2.13. The third-order valence-electron chi connectivity index (χ3n) is 5.38. The number of carbonyl (C=O) groups is 2. The molecule has 7 heteroatoms. The molecule has 4 aromatic rings. The standard InChI is InChI=1S/C30H24N2O5/c1-21(36-26-15-11-24(12-16-26)23-6-3-2-4-7-23)30(34)37-27-13-9-22(10-14-27)18-25(19-31)29(33)32-20-28-8-5-17-35-28/h2-18,21H,20H2,1H3,(H,32,33)/b25-18+. The van der Waals surface area contributed by atoms with E-state index in [0.717, 1.165) is 11.1 Å². The molecule has 0 aliphatic rings. The van der Waals surface area contributed by atoms with Gasteiger partial charge >= 0.3 is 5.97 Å². The average Bonchev–Trinajstić information content (AvgIpc) is 3.46. The van der Waals surface area contributed by atoms with Crippen LogP contribution in [0.5, 0.6) is 11.5 Å². The maximum atomic E-state index is 12.5.